The second-order valence-corrected chi connectivity index (χ2v) is 22.2. The number of H-pyrrole nitrogens is 1. The Balaban J connectivity index is -0.000000375. The fourth-order valence-corrected chi connectivity index (χ4v) is 8.87. The van der Waals surface area contributed by atoms with Gasteiger partial charge < -0.3 is 93.3 Å². The number of nitrogens with zero attached hydrogens (tertiary/aromatic N) is 11. The number of likely N-dealkylation sites (N-methyl/N-ethyl adjacent to an activating group) is 1. The average molecular weight is 1520 g/mol. The van der Waals surface area contributed by atoms with E-state index in [0.717, 1.165) is 56.6 Å². The molecule has 0 saturated heterocycles. The number of hydrogen-bond donors (Lipinski definition) is 8. The summed E-state index contributed by atoms with van der Waals surface area (Å²) in [5, 5.41) is 59.2. The number of pyridine rings is 1. The van der Waals surface area contributed by atoms with Crippen LogP contribution in [0.2, 0.25) is 0 Å². The molecule has 108 heavy (non-hydrogen) atoms. The summed E-state index contributed by atoms with van der Waals surface area (Å²) in [5.41, 5.74) is 8.47. The molecule has 3 aromatic heterocycles. The molecular weight excluding hydrogens is 1370 g/mol. The molecule has 0 atom stereocenters. The Bertz CT molecular complexity index is 2630. The molecule has 0 saturated carbocycles. The van der Waals surface area contributed by atoms with Gasteiger partial charge in [0.2, 0.25) is 0 Å². The Morgan fingerprint density at radius 2 is 0.861 bits per heavy atom. The number of aryl methyl sites for hydroxylation is 4. The van der Waals surface area contributed by atoms with Gasteiger partial charge in [0.25, 0.3) is 0 Å². The van der Waals surface area contributed by atoms with Crippen LogP contribution >= 0.6 is 0 Å². The number of aromatic amines is 1. The Morgan fingerprint density at radius 3 is 1.13 bits per heavy atom. The summed E-state index contributed by atoms with van der Waals surface area (Å²) in [6.07, 6.45) is 11.3. The minimum Gasteiger partial charge on any atom is -0.396 e. The maximum Gasteiger partial charge on any atom is 0.102 e. The van der Waals surface area contributed by atoms with Gasteiger partial charge in [-0.25, -0.2) is 9.97 Å². The number of para-hydroxylation sites is 4. The van der Waals surface area contributed by atoms with E-state index in [-0.39, 0.29) is 46.2 Å². The molecule has 0 aliphatic carbocycles. The van der Waals surface area contributed by atoms with E-state index in [1.165, 1.54) is 33.9 Å². The zero-order valence-electron chi connectivity index (χ0n) is 69.9. The average Bonchev–Trinajstić information content (AvgIpc) is 0.897. The zero-order valence-corrected chi connectivity index (χ0v) is 69.9. The molecule has 7 aromatic rings. The lowest BCUT2D eigenvalue weighted by molar-refractivity contribution is 0.0223. The smallest absolute Gasteiger partial charge is 0.102 e. The van der Waals surface area contributed by atoms with Crippen molar-refractivity contribution in [3.63, 3.8) is 0 Å². The second-order valence-electron chi connectivity index (χ2n) is 22.2. The Kier molecular flexibility index (Phi) is 86.7. The summed E-state index contributed by atoms with van der Waals surface area (Å²) in [7, 11) is 13.0. The molecule has 4 heterocycles. The summed E-state index contributed by atoms with van der Waals surface area (Å²) in [6.45, 7) is 38.9. The molecule has 1 aliphatic heterocycles. The Hall–Kier alpha value is -7.12. The van der Waals surface area contributed by atoms with Gasteiger partial charge in [-0.1, -0.05) is 134 Å². The van der Waals surface area contributed by atoms with Crippen LogP contribution in [0.5, 0.6) is 0 Å². The highest BCUT2D eigenvalue weighted by Crippen LogP contribution is 2.33. The Labute approximate surface area is 652 Å². The number of hydrogen-bond acceptors (Lipinski definition) is 23. The molecule has 0 spiro atoms. The Morgan fingerprint density at radius 1 is 0.444 bits per heavy atom. The largest absolute Gasteiger partial charge is 0.396 e. The number of aliphatic imine (C=N–C) groups is 1. The fourth-order valence-electron chi connectivity index (χ4n) is 8.87. The number of amidine groups is 1. The molecule has 25 heteroatoms. The van der Waals surface area contributed by atoms with E-state index in [4.69, 9.17) is 64.2 Å². The first-order valence-corrected chi connectivity index (χ1v) is 38.0. The van der Waals surface area contributed by atoms with Crippen LogP contribution in [0.1, 0.15) is 85.0 Å². The van der Waals surface area contributed by atoms with E-state index < -0.39 is 0 Å². The fraction of sp³-hybridized carbons (Fsp3) is 0.566. The van der Waals surface area contributed by atoms with Crippen molar-refractivity contribution in [1.29, 1.82) is 0 Å². The van der Waals surface area contributed by atoms with Crippen LogP contribution < -0.4 is 9.80 Å². The molecular formula is C83H148N12O13. The number of aliphatic hydroxyl groups is 7. The molecule has 8 N–H and O–H groups in total. The third-order valence-corrected chi connectivity index (χ3v) is 14.0. The van der Waals surface area contributed by atoms with Crippen molar-refractivity contribution >= 4 is 28.6 Å². The van der Waals surface area contributed by atoms with Crippen LogP contribution in [0.3, 0.4) is 0 Å². The lowest BCUT2D eigenvalue weighted by Crippen LogP contribution is -2.34. The van der Waals surface area contributed by atoms with Crippen LogP contribution in [0, 0.1) is 20.8 Å². The highest BCUT2D eigenvalue weighted by atomic mass is 16.5. The number of methoxy groups -OCH3 is 3. The molecule has 1 aliphatic rings. The molecule has 4 aromatic carbocycles. The molecule has 0 amide bonds. The number of anilines is 4. The van der Waals surface area contributed by atoms with Gasteiger partial charge in [0.15, 0.2) is 0 Å². The molecule has 0 unspecified atom stereocenters. The molecule has 0 bridgehead atoms. The van der Waals surface area contributed by atoms with Crippen molar-refractivity contribution in [2.24, 2.45) is 12.0 Å². The van der Waals surface area contributed by atoms with Crippen LogP contribution in [-0.4, -0.2) is 306 Å². The molecule has 0 fully saturated rings. The number of nitrogens with one attached hydrogen (secondary N) is 1. The first-order chi connectivity index (χ1) is 52.6. The van der Waals surface area contributed by atoms with Crippen molar-refractivity contribution in [1.82, 2.24) is 44.1 Å². The maximum absolute atomic E-state index is 8.55. The topological polar surface area (TPSA) is 288 Å². The van der Waals surface area contributed by atoms with Crippen LogP contribution in [0.4, 0.5) is 22.7 Å². The molecule has 25 nitrogen and oxygen atoms in total. The first-order valence-electron chi connectivity index (χ1n) is 38.0. The molecule has 618 valence electrons. The predicted octanol–water partition coefficient (Wildman–Crippen LogP) is 10.5. The minimum atomic E-state index is 0.0694. The highest BCUT2D eigenvalue weighted by Gasteiger charge is 2.12. The maximum atomic E-state index is 8.55. The standard InChI is InChI=1S/C18H15N.C15H33NO6.C10H15N.C7H9NO.C6H12N2O.C6H15NO3.C5H13NO2.2C4H6N2.4C2H6/c1-4-10-16(11-5-1)19(17-12-6-2-7-13-17)18-14-8-3-9-15-18;1-17-10-13-20-7-4-16(5-8-21-14-11-18-2)6-9-22-15-12-19-3;1-8-6-5-7-9(2)10(8)11(3)4;9-6-4-7-3-1-2-5-8-7;1-6-7-2-3-8(6)4-5-9;8-4-1-7(2-5-9)3-6-10;1-6(2-4-7)3-5-8;1-6-3-2-5-4-6;1-4-5-2-3-6-4;4*1-2/h1-15H;4-15H2,1-3H3;5-7H,1-4H3;1-3,5,9H,4,6H2;9H,2-5H2,1H3;8-10H,1-6H2;7-8H,2-5H2,1H3;2-4H,1H3;2-3H,1H3,(H,5,6);4*1-2H3. The highest BCUT2D eigenvalue weighted by molar-refractivity contribution is 5.81. The lowest BCUT2D eigenvalue weighted by atomic mass is 10.1. The summed E-state index contributed by atoms with van der Waals surface area (Å²) in [5.74, 6) is 2.03. The van der Waals surface area contributed by atoms with E-state index in [0.29, 0.717) is 98.6 Å². The van der Waals surface area contributed by atoms with Gasteiger partial charge in [0.05, 0.1) is 118 Å². The van der Waals surface area contributed by atoms with Gasteiger partial charge in [0.1, 0.15) is 5.82 Å². The third-order valence-electron chi connectivity index (χ3n) is 14.0. The lowest BCUT2D eigenvalue weighted by Gasteiger charge is -2.25. The van der Waals surface area contributed by atoms with Crippen LogP contribution in [0.25, 0.3) is 0 Å². The number of aromatic nitrogens is 5. The van der Waals surface area contributed by atoms with Gasteiger partial charge >= 0.3 is 0 Å². The van der Waals surface area contributed by atoms with E-state index in [1.54, 1.807) is 57.3 Å². The summed E-state index contributed by atoms with van der Waals surface area (Å²) in [6, 6.07) is 43.3. The SMILES string of the molecule is CC.CC.CC.CC.CC1=NCCN1CCO.CN(CCO)CCO.COCCOCCN(CCOCCOC)CCOCCOC.Cc1cccc(C)c1N(C)C.Cc1ncc[nH]1.Cn1ccnc1.OCCN(CCO)CCO.OCCc1ccccn1.c1ccc(N(c2ccccc2)c2ccccc2)cc1. The third kappa shape index (κ3) is 64.8. The van der Waals surface area contributed by atoms with Crippen LogP contribution in [-0.2, 0) is 41.9 Å². The summed E-state index contributed by atoms with van der Waals surface area (Å²) < 4.78 is 33.3. The van der Waals surface area contributed by atoms with Crippen molar-refractivity contribution in [3.8, 4) is 0 Å². The monoisotopic (exact) mass is 1520 g/mol. The quantitative estimate of drug-likeness (QED) is 0.0169. The van der Waals surface area contributed by atoms with Gasteiger partial charge in [0, 0.05) is 180 Å². The normalized spacial score (nSPS) is 10.4. The second kappa shape index (κ2) is 85.5. The van der Waals surface area contributed by atoms with Crippen molar-refractivity contribution in [2.75, 3.05) is 230 Å². The summed E-state index contributed by atoms with van der Waals surface area (Å²) >= 11 is 0. The number of aliphatic hydroxyl groups excluding tert-OH is 7. The molecule has 0 radical (unpaired) electrons. The van der Waals surface area contributed by atoms with Crippen molar-refractivity contribution in [2.45, 2.75) is 89.5 Å². The van der Waals surface area contributed by atoms with Gasteiger partial charge in [-0.05, 0) is 94.4 Å². The van der Waals surface area contributed by atoms with Gasteiger partial charge in [-0.2, -0.15) is 0 Å². The zero-order chi connectivity index (χ0) is 81.9. The first kappa shape index (κ1) is 109. The van der Waals surface area contributed by atoms with Crippen LogP contribution in [0.15, 0.2) is 170 Å². The molecule has 8 rings (SSSR count). The van der Waals surface area contributed by atoms with E-state index >= 15 is 0 Å². The number of rotatable bonds is 36. The number of imidazole rings is 2. The van der Waals surface area contributed by atoms with Gasteiger partial charge in [-0.3, -0.25) is 19.8 Å². The number of benzene rings is 4. The number of β-amino-alcohol motifs (C(OH)–C–C–N with tert-alkyl or cyclic N) is 1. The minimum absolute atomic E-state index is 0.0694. The van der Waals surface area contributed by atoms with Gasteiger partial charge in [-0.15, -0.1) is 0 Å². The van der Waals surface area contributed by atoms with Crippen molar-refractivity contribution < 1.29 is 64.2 Å². The predicted molar refractivity (Wildman–Crippen MR) is 449 cm³/mol. The van der Waals surface area contributed by atoms with E-state index in [2.05, 4.69) is 163 Å². The van der Waals surface area contributed by atoms with E-state index in [1.807, 2.05) is 135 Å². The van der Waals surface area contributed by atoms with Crippen molar-refractivity contribution in [3.05, 3.63) is 187 Å². The number of ether oxygens (including phenoxy) is 6. The van der Waals surface area contributed by atoms with E-state index in [9.17, 15) is 0 Å². The summed E-state index contributed by atoms with van der Waals surface area (Å²) in [4.78, 5) is 31.1.